The molecule has 3 aromatic rings. The molecule has 5 nitrogen and oxygen atoms in total. The molecule has 0 atom stereocenters. The number of aryl methyl sites for hydroxylation is 2. The van der Waals surface area contributed by atoms with Gasteiger partial charge in [-0.05, 0) is 52.7 Å². The van der Waals surface area contributed by atoms with Crippen molar-refractivity contribution in [2.24, 2.45) is 7.05 Å². The number of nitrogens with zero attached hydrogens (tertiary/aromatic N) is 3. The molecule has 0 spiro atoms. The lowest BCUT2D eigenvalue weighted by atomic mass is 10.1. The van der Waals surface area contributed by atoms with Crippen LogP contribution in [0.2, 0.25) is 0 Å². The number of carbonyl (C=O) groups excluding carboxylic acids is 1. The summed E-state index contributed by atoms with van der Waals surface area (Å²) in [6, 6.07) is 15.5. The molecule has 0 aliphatic rings. The molecule has 3 rings (SSSR count). The van der Waals surface area contributed by atoms with E-state index in [2.05, 4.69) is 26.5 Å². The van der Waals surface area contributed by atoms with E-state index in [0.29, 0.717) is 0 Å². The summed E-state index contributed by atoms with van der Waals surface area (Å²) < 4.78 is 2.68. The highest BCUT2D eigenvalue weighted by Crippen LogP contribution is 2.28. The Morgan fingerprint density at radius 1 is 1.21 bits per heavy atom. The number of hydrazine groups is 1. The number of nitrogens with one attached hydrogen (secondary N) is 1. The summed E-state index contributed by atoms with van der Waals surface area (Å²) in [6.45, 7) is 1.99. The van der Waals surface area contributed by atoms with E-state index in [0.717, 1.165) is 39.1 Å². The molecule has 1 N–H and O–H groups in total. The van der Waals surface area contributed by atoms with Gasteiger partial charge >= 0.3 is 0 Å². The van der Waals surface area contributed by atoms with Gasteiger partial charge in [-0.2, -0.15) is 5.10 Å². The number of anilines is 2. The molecule has 2 aromatic carbocycles. The van der Waals surface area contributed by atoms with Crippen LogP contribution in [0, 0.1) is 6.92 Å². The quantitative estimate of drug-likeness (QED) is 0.530. The molecule has 0 unspecified atom stereocenters. The van der Waals surface area contributed by atoms with Gasteiger partial charge in [-0.1, -0.05) is 24.3 Å². The van der Waals surface area contributed by atoms with Crippen molar-refractivity contribution in [1.29, 1.82) is 0 Å². The Bertz CT molecular complexity index is 875. The lowest BCUT2D eigenvalue weighted by molar-refractivity contribution is -0.107. The predicted molar refractivity (Wildman–Crippen MR) is 99.7 cm³/mol. The van der Waals surface area contributed by atoms with Crippen molar-refractivity contribution in [3.8, 4) is 11.3 Å². The van der Waals surface area contributed by atoms with Gasteiger partial charge in [0.25, 0.3) is 0 Å². The van der Waals surface area contributed by atoms with E-state index >= 15 is 0 Å². The van der Waals surface area contributed by atoms with E-state index in [4.69, 9.17) is 0 Å². The topological polar surface area (TPSA) is 50.2 Å². The highest BCUT2D eigenvalue weighted by Gasteiger charge is 2.10. The second kappa shape index (κ2) is 6.88. The van der Waals surface area contributed by atoms with E-state index in [1.807, 2.05) is 68.7 Å². The number of hydrogen-bond acceptors (Lipinski definition) is 3. The normalized spacial score (nSPS) is 10.5. The molecular formula is C18H17BrN4O. The summed E-state index contributed by atoms with van der Waals surface area (Å²) in [6.07, 6.45) is 2.66. The fourth-order valence-electron chi connectivity index (χ4n) is 2.46. The maximum absolute atomic E-state index is 11.5. The van der Waals surface area contributed by atoms with Crippen LogP contribution in [0.1, 0.15) is 5.56 Å². The van der Waals surface area contributed by atoms with E-state index in [-0.39, 0.29) is 0 Å². The predicted octanol–water partition coefficient (Wildman–Crippen LogP) is 4.15. The molecule has 1 amide bonds. The van der Waals surface area contributed by atoms with E-state index in [9.17, 15) is 4.79 Å². The van der Waals surface area contributed by atoms with Gasteiger partial charge in [0.1, 0.15) is 5.69 Å². The van der Waals surface area contributed by atoms with Crippen LogP contribution in [0.15, 0.2) is 59.2 Å². The zero-order valence-corrected chi connectivity index (χ0v) is 15.0. The van der Waals surface area contributed by atoms with Crippen molar-refractivity contribution >= 4 is 33.7 Å². The van der Waals surface area contributed by atoms with Crippen molar-refractivity contribution < 1.29 is 4.79 Å². The molecule has 0 saturated heterocycles. The molecule has 0 saturated carbocycles. The summed E-state index contributed by atoms with van der Waals surface area (Å²) in [4.78, 5) is 11.5. The fraction of sp³-hybridized carbons (Fsp3) is 0.111. The average Bonchev–Trinajstić information content (AvgIpc) is 2.91. The number of rotatable bonds is 5. The first-order valence-corrected chi connectivity index (χ1v) is 8.23. The minimum Gasteiger partial charge on any atom is -0.292 e. The molecule has 0 radical (unpaired) electrons. The zero-order valence-electron chi connectivity index (χ0n) is 13.4. The molecule has 0 aliphatic heterocycles. The van der Waals surface area contributed by atoms with Crippen LogP contribution in [0.5, 0.6) is 0 Å². The van der Waals surface area contributed by atoms with Crippen LogP contribution >= 0.6 is 15.9 Å². The highest BCUT2D eigenvalue weighted by atomic mass is 79.9. The first kappa shape index (κ1) is 16.3. The smallest absolute Gasteiger partial charge is 0.232 e. The van der Waals surface area contributed by atoms with Crippen molar-refractivity contribution in [3.05, 3.63) is 64.8 Å². The van der Waals surface area contributed by atoms with E-state index in [1.165, 1.54) is 5.01 Å². The molecule has 1 heterocycles. The zero-order chi connectivity index (χ0) is 17.1. The first-order chi connectivity index (χ1) is 11.6. The largest absolute Gasteiger partial charge is 0.292 e. The molecule has 6 heteroatoms. The van der Waals surface area contributed by atoms with Crippen LogP contribution in [0.25, 0.3) is 11.3 Å². The average molecular weight is 385 g/mol. The van der Waals surface area contributed by atoms with Gasteiger partial charge in [0.05, 0.1) is 15.8 Å². The van der Waals surface area contributed by atoms with Gasteiger partial charge in [0, 0.05) is 18.8 Å². The maximum atomic E-state index is 11.5. The van der Waals surface area contributed by atoms with Gasteiger partial charge < -0.3 is 0 Å². The van der Waals surface area contributed by atoms with Gasteiger partial charge in [-0.25, -0.2) is 5.01 Å². The Labute approximate surface area is 149 Å². The third-order valence-corrected chi connectivity index (χ3v) is 4.14. The maximum Gasteiger partial charge on any atom is 0.232 e. The number of benzene rings is 2. The Hall–Kier alpha value is -2.60. The van der Waals surface area contributed by atoms with Crippen molar-refractivity contribution in [2.75, 3.05) is 10.4 Å². The molecule has 0 bridgehead atoms. The SMILES string of the molecule is Cc1cccc(N(C=O)Nc2cccc(-c3nn(C)cc3Br)c2)c1. The molecule has 1 aromatic heterocycles. The summed E-state index contributed by atoms with van der Waals surface area (Å²) >= 11 is 3.52. The molecular weight excluding hydrogens is 368 g/mol. The first-order valence-electron chi connectivity index (χ1n) is 7.44. The number of carbonyl (C=O) groups is 1. The second-order valence-corrected chi connectivity index (χ2v) is 6.36. The standard InChI is InChI=1S/C18H17BrN4O/c1-13-5-3-8-16(9-13)23(12-24)20-15-7-4-6-14(10-15)18-17(19)11-22(2)21-18/h3-12,20H,1-2H3. The van der Waals surface area contributed by atoms with Gasteiger partial charge in [0.15, 0.2) is 0 Å². The van der Waals surface area contributed by atoms with Crippen LogP contribution < -0.4 is 10.4 Å². The highest BCUT2D eigenvalue weighted by molar-refractivity contribution is 9.10. The van der Waals surface area contributed by atoms with Gasteiger partial charge in [-0.15, -0.1) is 0 Å². The van der Waals surface area contributed by atoms with Gasteiger partial charge in [-0.3, -0.25) is 14.9 Å². The van der Waals surface area contributed by atoms with E-state index < -0.39 is 0 Å². The third-order valence-electron chi connectivity index (χ3n) is 3.55. The van der Waals surface area contributed by atoms with Crippen molar-refractivity contribution in [3.63, 3.8) is 0 Å². The molecule has 122 valence electrons. The van der Waals surface area contributed by atoms with Crippen LogP contribution in [0.4, 0.5) is 11.4 Å². The summed E-state index contributed by atoms with van der Waals surface area (Å²) in [5, 5.41) is 5.91. The monoisotopic (exact) mass is 384 g/mol. The van der Waals surface area contributed by atoms with Crippen LogP contribution in [-0.2, 0) is 11.8 Å². The Kier molecular flexibility index (Phi) is 4.66. The minimum atomic E-state index is 0.762. The Balaban J connectivity index is 1.88. The molecule has 0 aliphatic carbocycles. The number of hydrogen-bond donors (Lipinski definition) is 1. The summed E-state index contributed by atoms with van der Waals surface area (Å²) in [5.41, 5.74) is 7.62. The van der Waals surface area contributed by atoms with Gasteiger partial charge in [0.2, 0.25) is 6.41 Å². The second-order valence-electron chi connectivity index (χ2n) is 5.51. The Morgan fingerprint density at radius 3 is 2.67 bits per heavy atom. The Morgan fingerprint density at radius 2 is 2.00 bits per heavy atom. The fourth-order valence-corrected chi connectivity index (χ4v) is 3.06. The number of amides is 1. The minimum absolute atomic E-state index is 0.762. The lowest BCUT2D eigenvalue weighted by Crippen LogP contribution is -2.28. The lowest BCUT2D eigenvalue weighted by Gasteiger charge is -2.20. The number of halogens is 1. The van der Waals surface area contributed by atoms with Crippen LogP contribution in [0.3, 0.4) is 0 Å². The van der Waals surface area contributed by atoms with Crippen molar-refractivity contribution in [1.82, 2.24) is 9.78 Å². The van der Waals surface area contributed by atoms with E-state index in [1.54, 1.807) is 4.68 Å². The number of aromatic nitrogens is 2. The van der Waals surface area contributed by atoms with Crippen LogP contribution in [-0.4, -0.2) is 16.2 Å². The summed E-state index contributed by atoms with van der Waals surface area (Å²) in [7, 11) is 1.88. The molecule has 24 heavy (non-hydrogen) atoms. The van der Waals surface area contributed by atoms with Crippen molar-refractivity contribution in [2.45, 2.75) is 6.92 Å². The third kappa shape index (κ3) is 3.49. The summed E-state index contributed by atoms with van der Waals surface area (Å²) in [5.74, 6) is 0. The molecule has 0 fully saturated rings.